The summed E-state index contributed by atoms with van der Waals surface area (Å²) in [6, 6.07) is 0. The molecule has 0 atom stereocenters. The van der Waals surface area contributed by atoms with Crippen molar-refractivity contribution in [1.82, 2.24) is 35.8 Å². The Bertz CT molecular complexity index is 887. The highest BCUT2D eigenvalue weighted by Crippen LogP contribution is 2.31. The lowest BCUT2D eigenvalue weighted by Crippen LogP contribution is -2.23. The monoisotopic (exact) mass is 389 g/mol. The second-order valence-electron chi connectivity index (χ2n) is 9.27. The standard InChI is InChI=1S/C18H27N7OS/c1-16(2,3)15-19-11(10-27-15)8-18(6,7)14-23-20-12(26-14)9-17(4,5)13-21-24-25-22-13/h10H,8-9H2,1-7H3,(H,21,22,24,25). The minimum absolute atomic E-state index is 0.0614. The first-order chi connectivity index (χ1) is 12.5. The van der Waals surface area contributed by atoms with Gasteiger partial charge < -0.3 is 4.42 Å². The molecule has 0 amide bonds. The van der Waals surface area contributed by atoms with Gasteiger partial charge in [-0.05, 0) is 10.4 Å². The summed E-state index contributed by atoms with van der Waals surface area (Å²) in [6.45, 7) is 14.8. The van der Waals surface area contributed by atoms with Crippen molar-refractivity contribution in [2.75, 3.05) is 0 Å². The first kappa shape index (κ1) is 19.6. The SMILES string of the molecule is CC(C)(C)c1nc(CC(C)(C)c2nnc(CC(C)(C)c3nnn[nH]3)o2)cs1. The highest BCUT2D eigenvalue weighted by Gasteiger charge is 2.32. The fourth-order valence-corrected chi connectivity index (χ4v) is 3.67. The van der Waals surface area contributed by atoms with Crippen LogP contribution >= 0.6 is 11.3 Å². The minimum atomic E-state index is -0.325. The highest BCUT2D eigenvalue weighted by atomic mass is 32.1. The Morgan fingerprint density at radius 3 is 2.30 bits per heavy atom. The zero-order chi connectivity index (χ0) is 19.9. The third kappa shape index (κ3) is 4.40. The lowest BCUT2D eigenvalue weighted by atomic mass is 9.87. The Morgan fingerprint density at radius 2 is 1.70 bits per heavy atom. The molecular weight excluding hydrogens is 362 g/mol. The van der Waals surface area contributed by atoms with E-state index in [-0.39, 0.29) is 16.2 Å². The van der Waals surface area contributed by atoms with E-state index in [4.69, 9.17) is 9.40 Å². The van der Waals surface area contributed by atoms with Crippen LogP contribution in [0.1, 0.15) is 76.8 Å². The van der Waals surface area contributed by atoms with E-state index in [9.17, 15) is 0 Å². The third-order valence-electron chi connectivity index (χ3n) is 4.44. The maximum Gasteiger partial charge on any atom is 0.222 e. The van der Waals surface area contributed by atoms with Gasteiger partial charge in [-0.15, -0.1) is 26.6 Å². The predicted molar refractivity (Wildman–Crippen MR) is 103 cm³/mol. The number of rotatable bonds is 6. The number of H-pyrrole nitrogens is 1. The molecule has 0 spiro atoms. The van der Waals surface area contributed by atoms with Crippen molar-refractivity contribution in [2.24, 2.45) is 0 Å². The number of hydrogen-bond acceptors (Lipinski definition) is 8. The molecule has 1 N–H and O–H groups in total. The van der Waals surface area contributed by atoms with Crippen LogP contribution in [0, 0.1) is 0 Å². The number of nitrogens with one attached hydrogen (secondary N) is 1. The smallest absolute Gasteiger partial charge is 0.222 e. The van der Waals surface area contributed by atoms with Gasteiger partial charge in [-0.2, -0.15) is 0 Å². The summed E-state index contributed by atoms with van der Waals surface area (Å²) in [6.07, 6.45) is 1.30. The van der Waals surface area contributed by atoms with Crippen molar-refractivity contribution in [3.8, 4) is 0 Å². The van der Waals surface area contributed by atoms with Crippen LogP contribution in [0.15, 0.2) is 9.80 Å². The van der Waals surface area contributed by atoms with Gasteiger partial charge in [-0.25, -0.2) is 10.1 Å². The molecule has 3 aromatic rings. The molecule has 3 heterocycles. The summed E-state index contributed by atoms with van der Waals surface area (Å²) < 4.78 is 6.00. The molecule has 8 nitrogen and oxygen atoms in total. The molecule has 0 aliphatic rings. The van der Waals surface area contributed by atoms with E-state index in [1.165, 1.54) is 0 Å². The van der Waals surface area contributed by atoms with Crippen LogP contribution in [0.25, 0.3) is 0 Å². The van der Waals surface area contributed by atoms with Gasteiger partial charge in [0, 0.05) is 34.5 Å². The van der Waals surface area contributed by atoms with Crippen LogP contribution in [0.5, 0.6) is 0 Å². The lowest BCUT2D eigenvalue weighted by molar-refractivity contribution is 0.330. The van der Waals surface area contributed by atoms with Gasteiger partial charge in [0.1, 0.15) is 0 Å². The van der Waals surface area contributed by atoms with Crippen LogP contribution < -0.4 is 0 Å². The van der Waals surface area contributed by atoms with Crippen LogP contribution in [0.2, 0.25) is 0 Å². The van der Waals surface area contributed by atoms with Gasteiger partial charge in [-0.3, -0.25) is 0 Å². The molecule has 0 aromatic carbocycles. The molecule has 3 rings (SSSR count). The maximum atomic E-state index is 6.00. The third-order valence-corrected chi connectivity index (χ3v) is 5.76. The second kappa shape index (κ2) is 6.78. The molecule has 0 fully saturated rings. The number of tetrazole rings is 1. The number of hydrogen-bond donors (Lipinski definition) is 1. The van der Waals surface area contributed by atoms with Gasteiger partial charge in [0.2, 0.25) is 11.8 Å². The van der Waals surface area contributed by atoms with Gasteiger partial charge in [0.25, 0.3) is 0 Å². The molecule has 0 aliphatic carbocycles. The summed E-state index contributed by atoms with van der Waals surface area (Å²) >= 11 is 1.70. The average molecular weight is 390 g/mol. The summed E-state index contributed by atoms with van der Waals surface area (Å²) in [4.78, 5) is 4.79. The normalized spacial score (nSPS) is 13.3. The zero-order valence-electron chi connectivity index (χ0n) is 17.0. The van der Waals surface area contributed by atoms with E-state index in [2.05, 4.69) is 70.8 Å². The van der Waals surface area contributed by atoms with E-state index in [1.807, 2.05) is 13.8 Å². The Hall–Kier alpha value is -2.16. The predicted octanol–water partition coefficient (Wildman–Crippen LogP) is 3.38. The van der Waals surface area contributed by atoms with E-state index in [1.54, 1.807) is 11.3 Å². The topological polar surface area (TPSA) is 106 Å². The first-order valence-corrected chi connectivity index (χ1v) is 9.87. The highest BCUT2D eigenvalue weighted by molar-refractivity contribution is 7.09. The van der Waals surface area contributed by atoms with E-state index >= 15 is 0 Å². The number of thiazole rings is 1. The molecule has 146 valence electrons. The quantitative estimate of drug-likeness (QED) is 0.688. The molecule has 9 heteroatoms. The summed E-state index contributed by atoms with van der Waals surface area (Å²) in [7, 11) is 0. The van der Waals surface area contributed by atoms with Crippen molar-refractivity contribution in [3.63, 3.8) is 0 Å². The summed E-state index contributed by atoms with van der Waals surface area (Å²) in [5.74, 6) is 1.89. The van der Waals surface area contributed by atoms with E-state index < -0.39 is 0 Å². The van der Waals surface area contributed by atoms with Crippen molar-refractivity contribution in [3.05, 3.63) is 33.7 Å². The molecule has 0 unspecified atom stereocenters. The summed E-state index contributed by atoms with van der Waals surface area (Å²) in [5, 5.41) is 25.9. The lowest BCUT2D eigenvalue weighted by Gasteiger charge is -2.20. The molecule has 3 aromatic heterocycles. The molecule has 0 saturated heterocycles. The molecule has 0 saturated carbocycles. The van der Waals surface area contributed by atoms with Gasteiger partial charge in [-0.1, -0.05) is 48.5 Å². The van der Waals surface area contributed by atoms with Crippen LogP contribution in [-0.4, -0.2) is 35.8 Å². The number of nitrogens with zero attached hydrogens (tertiary/aromatic N) is 6. The van der Waals surface area contributed by atoms with Crippen LogP contribution in [0.4, 0.5) is 0 Å². The fraction of sp³-hybridized carbons (Fsp3) is 0.667. The van der Waals surface area contributed by atoms with Crippen LogP contribution in [0.3, 0.4) is 0 Å². The molecule has 0 radical (unpaired) electrons. The molecule has 0 aliphatic heterocycles. The number of aromatic nitrogens is 7. The summed E-state index contributed by atoms with van der Waals surface area (Å²) in [5.41, 5.74) is 0.495. The second-order valence-corrected chi connectivity index (χ2v) is 10.1. The Kier molecular flexibility index (Phi) is 4.92. The van der Waals surface area contributed by atoms with E-state index in [0.717, 1.165) is 17.1 Å². The Balaban J connectivity index is 1.73. The largest absolute Gasteiger partial charge is 0.425 e. The Labute approximate surface area is 163 Å². The molecule has 0 bridgehead atoms. The van der Waals surface area contributed by atoms with Crippen molar-refractivity contribution >= 4 is 11.3 Å². The maximum absolute atomic E-state index is 6.00. The van der Waals surface area contributed by atoms with E-state index in [0.29, 0.717) is 24.0 Å². The molecular formula is C18H27N7OS. The minimum Gasteiger partial charge on any atom is -0.425 e. The van der Waals surface area contributed by atoms with Crippen molar-refractivity contribution < 1.29 is 4.42 Å². The fourth-order valence-electron chi connectivity index (χ4n) is 2.77. The van der Waals surface area contributed by atoms with Crippen molar-refractivity contribution in [1.29, 1.82) is 0 Å². The Morgan fingerprint density at radius 1 is 0.963 bits per heavy atom. The van der Waals surface area contributed by atoms with Gasteiger partial charge in [0.05, 0.1) is 10.7 Å². The zero-order valence-corrected chi connectivity index (χ0v) is 17.8. The van der Waals surface area contributed by atoms with Crippen molar-refractivity contribution in [2.45, 2.75) is 77.6 Å². The number of aromatic amines is 1. The molecule has 27 heavy (non-hydrogen) atoms. The van der Waals surface area contributed by atoms with Gasteiger partial charge >= 0.3 is 0 Å². The van der Waals surface area contributed by atoms with Crippen LogP contribution in [-0.2, 0) is 29.1 Å². The van der Waals surface area contributed by atoms with Gasteiger partial charge in [0.15, 0.2) is 5.82 Å². The first-order valence-electron chi connectivity index (χ1n) is 8.99. The average Bonchev–Trinajstić information content (AvgIpc) is 3.27.